The summed E-state index contributed by atoms with van der Waals surface area (Å²) in [5, 5.41) is 26.9. The summed E-state index contributed by atoms with van der Waals surface area (Å²) in [6.45, 7) is -0.264. The maximum atomic E-state index is 12.1. The highest BCUT2D eigenvalue weighted by Crippen LogP contribution is 2.68. The van der Waals surface area contributed by atoms with Crippen molar-refractivity contribution in [2.45, 2.75) is 51.4 Å². The van der Waals surface area contributed by atoms with E-state index in [4.69, 9.17) is 0 Å². The van der Waals surface area contributed by atoms with Crippen molar-refractivity contribution in [3.05, 3.63) is 79.9 Å². The van der Waals surface area contributed by atoms with Gasteiger partial charge in [0.05, 0.1) is 23.1 Å². The van der Waals surface area contributed by atoms with E-state index < -0.39 is 60.3 Å². The third kappa shape index (κ3) is 18.6. The number of nitrogens with zero attached hydrogens (tertiary/aromatic N) is 2. The molecular formula is C26H38N4O18P4. The van der Waals surface area contributed by atoms with E-state index in [1.165, 1.54) is 36.4 Å². The van der Waals surface area contributed by atoms with Gasteiger partial charge in [-0.05, 0) is 37.8 Å². The standard InChI is InChI=1S/C26H38N4O18P4/c31-25(21-11-9-13-23(19-21)29(33)34)27-15-5-1-3-7-17-44-50(38,39)46-49(37)47-52(42,43)48-51(40,41)45-18-8-4-2-6-16-28-26(32)22-12-10-14-24(20-22)30(35)36/h9-14,19-20,37H,1-8,15-18H2,(H,27,31)(H,28,32)(H,38,39)(H,40,41)(H,42,43). The number of non-ortho nitro benzene ring substituents is 2. The molecule has 0 aliphatic rings. The van der Waals surface area contributed by atoms with Gasteiger partial charge < -0.3 is 30.2 Å². The Hall–Kier alpha value is -3.06. The zero-order chi connectivity index (χ0) is 38.8. The summed E-state index contributed by atoms with van der Waals surface area (Å²) < 4.78 is 57.7. The van der Waals surface area contributed by atoms with Crippen molar-refractivity contribution in [1.29, 1.82) is 0 Å². The van der Waals surface area contributed by atoms with Crippen LogP contribution in [0.5, 0.6) is 0 Å². The van der Waals surface area contributed by atoms with Crippen LogP contribution in [0.25, 0.3) is 0 Å². The predicted octanol–water partition coefficient (Wildman–Crippen LogP) is 5.39. The Bertz CT molecular complexity index is 1670. The number of rotatable bonds is 26. The Morgan fingerprint density at radius 3 is 1.50 bits per heavy atom. The lowest BCUT2D eigenvalue weighted by atomic mass is 10.1. The first-order chi connectivity index (χ1) is 24.4. The van der Waals surface area contributed by atoms with Gasteiger partial charge in [0.2, 0.25) is 0 Å². The molecule has 22 nitrogen and oxygen atoms in total. The van der Waals surface area contributed by atoms with Gasteiger partial charge in [0.25, 0.3) is 23.2 Å². The lowest BCUT2D eigenvalue weighted by Crippen LogP contribution is -2.24. The number of hydrogen-bond acceptors (Lipinski definition) is 15. The molecule has 0 spiro atoms. The molecular weight excluding hydrogens is 780 g/mol. The van der Waals surface area contributed by atoms with Gasteiger partial charge in [-0.3, -0.25) is 38.9 Å². The molecule has 0 aromatic heterocycles. The fourth-order valence-electron chi connectivity index (χ4n) is 4.03. The van der Waals surface area contributed by atoms with Crippen LogP contribution in [0.15, 0.2) is 48.5 Å². The van der Waals surface area contributed by atoms with Crippen molar-refractivity contribution in [1.82, 2.24) is 10.6 Å². The Kier molecular flexibility index (Phi) is 19.3. The van der Waals surface area contributed by atoms with E-state index in [0.717, 1.165) is 12.1 Å². The lowest BCUT2D eigenvalue weighted by molar-refractivity contribution is -0.385. The van der Waals surface area contributed by atoms with Gasteiger partial charge in [0.15, 0.2) is 0 Å². The molecule has 4 unspecified atom stereocenters. The second-order valence-corrected chi connectivity index (χ2v) is 16.3. The van der Waals surface area contributed by atoms with Crippen molar-refractivity contribution in [2.75, 3.05) is 26.3 Å². The molecule has 2 amide bonds. The minimum atomic E-state index is -5.56. The Morgan fingerprint density at radius 2 is 1.06 bits per heavy atom. The summed E-state index contributed by atoms with van der Waals surface area (Å²) in [7, 11) is -19.4. The van der Waals surface area contributed by atoms with Crippen molar-refractivity contribution in [3.8, 4) is 0 Å². The molecule has 0 fully saturated rings. The fraction of sp³-hybridized carbons (Fsp3) is 0.462. The second kappa shape index (κ2) is 22.2. The molecule has 0 bridgehead atoms. The maximum Gasteiger partial charge on any atom is 0.488 e. The molecule has 0 saturated heterocycles. The summed E-state index contributed by atoms with van der Waals surface area (Å²) >= 11 is 0. The second-order valence-electron chi connectivity index (χ2n) is 10.5. The number of phosphoric acid groups is 3. The van der Waals surface area contributed by atoms with Crippen LogP contribution in [0.1, 0.15) is 72.1 Å². The number of benzene rings is 2. The molecule has 2 rings (SSSR count). The molecule has 2 aromatic rings. The first-order valence-electron chi connectivity index (χ1n) is 15.3. The van der Waals surface area contributed by atoms with E-state index >= 15 is 0 Å². The molecule has 52 heavy (non-hydrogen) atoms. The highest BCUT2D eigenvalue weighted by molar-refractivity contribution is 7.67. The van der Waals surface area contributed by atoms with Gasteiger partial charge in [-0.15, -0.1) is 0 Å². The van der Waals surface area contributed by atoms with Crippen LogP contribution >= 0.6 is 32.1 Å². The average Bonchev–Trinajstić information content (AvgIpc) is 3.05. The minimum absolute atomic E-state index is 0.121. The van der Waals surface area contributed by atoms with E-state index in [2.05, 4.69) is 32.6 Å². The summed E-state index contributed by atoms with van der Waals surface area (Å²) in [6.07, 6.45) is 3.37. The van der Waals surface area contributed by atoms with Crippen LogP contribution in [-0.4, -0.2) is 67.5 Å². The van der Waals surface area contributed by atoms with Crippen LogP contribution in [0.3, 0.4) is 0 Å². The van der Waals surface area contributed by atoms with E-state index in [1.807, 2.05) is 0 Å². The number of carbonyl (C=O) groups excluding carboxylic acids is 2. The first-order valence-corrected chi connectivity index (χ1v) is 20.9. The van der Waals surface area contributed by atoms with Gasteiger partial charge in [-0.1, -0.05) is 37.8 Å². The summed E-state index contributed by atoms with van der Waals surface area (Å²) in [5.41, 5.74) is -0.198. The predicted molar refractivity (Wildman–Crippen MR) is 182 cm³/mol. The topological polar surface area (TPSA) is 323 Å². The maximum absolute atomic E-state index is 12.1. The van der Waals surface area contributed by atoms with E-state index in [9.17, 15) is 63.1 Å². The third-order valence-corrected chi connectivity index (χ3v) is 11.9. The Labute approximate surface area is 297 Å². The highest BCUT2D eigenvalue weighted by Gasteiger charge is 2.40. The molecule has 0 radical (unpaired) electrons. The van der Waals surface area contributed by atoms with Crippen molar-refractivity contribution in [3.63, 3.8) is 0 Å². The number of nitrogens with one attached hydrogen (secondary N) is 2. The minimum Gasteiger partial charge on any atom is -0.352 e. The molecule has 2 aromatic carbocycles. The lowest BCUT2D eigenvalue weighted by Gasteiger charge is -2.19. The van der Waals surface area contributed by atoms with Gasteiger partial charge in [0.1, 0.15) is 0 Å². The normalized spacial score (nSPS) is 15.4. The molecule has 4 atom stereocenters. The van der Waals surface area contributed by atoms with Crippen molar-refractivity contribution in [2.24, 2.45) is 0 Å². The van der Waals surface area contributed by atoms with Crippen LogP contribution in [0, 0.1) is 20.2 Å². The SMILES string of the molecule is O=C(NCCCCCCOP(=O)(O)OP(O)OP(=O)(O)OP(=O)(O)OCCCCCCNC(=O)c1cccc([N+](=O)[O-])c1)c1cccc([N+](=O)[O-])c1. The fourth-order valence-corrected chi connectivity index (χ4v) is 8.36. The third-order valence-electron chi connectivity index (χ3n) is 6.41. The van der Waals surface area contributed by atoms with E-state index in [-0.39, 0.29) is 55.0 Å². The molecule has 0 saturated carbocycles. The number of unbranched alkanes of at least 4 members (excludes halogenated alkanes) is 6. The molecule has 26 heteroatoms. The van der Waals surface area contributed by atoms with Crippen molar-refractivity contribution >= 4 is 55.3 Å². The van der Waals surface area contributed by atoms with Crippen molar-refractivity contribution < 1.29 is 74.7 Å². The van der Waals surface area contributed by atoms with E-state index in [1.54, 1.807) is 0 Å². The zero-order valence-electron chi connectivity index (χ0n) is 27.3. The molecule has 290 valence electrons. The van der Waals surface area contributed by atoms with Gasteiger partial charge in [-0.2, -0.15) is 4.31 Å². The first kappa shape index (κ1) is 45.1. The molecule has 0 heterocycles. The Morgan fingerprint density at radius 1 is 0.654 bits per heavy atom. The van der Waals surface area contributed by atoms with Crippen LogP contribution in [0.4, 0.5) is 11.4 Å². The molecule has 0 aliphatic carbocycles. The van der Waals surface area contributed by atoms with Crippen LogP contribution < -0.4 is 10.6 Å². The number of amides is 2. The number of hydrogen-bond donors (Lipinski definition) is 6. The van der Waals surface area contributed by atoms with Gasteiger partial charge in [0, 0.05) is 48.5 Å². The molecule has 0 aliphatic heterocycles. The largest absolute Gasteiger partial charge is 0.488 e. The smallest absolute Gasteiger partial charge is 0.352 e. The van der Waals surface area contributed by atoms with Crippen LogP contribution in [0.2, 0.25) is 0 Å². The van der Waals surface area contributed by atoms with Gasteiger partial charge in [-0.25, -0.2) is 22.3 Å². The highest BCUT2D eigenvalue weighted by atomic mass is 31.3. The van der Waals surface area contributed by atoms with Gasteiger partial charge >= 0.3 is 32.1 Å². The summed E-state index contributed by atoms with van der Waals surface area (Å²) in [4.78, 5) is 83.5. The monoisotopic (exact) mass is 818 g/mol. The molecule has 6 N–H and O–H groups in total. The number of phosphoric ester groups is 2. The average molecular weight is 818 g/mol. The van der Waals surface area contributed by atoms with Crippen LogP contribution in [-0.2, 0) is 35.7 Å². The quantitative estimate of drug-likeness (QED) is 0.0300. The number of nitro benzene ring substituents is 2. The Balaban J connectivity index is 1.56. The number of nitro groups is 2. The van der Waals surface area contributed by atoms with E-state index in [0.29, 0.717) is 38.5 Å². The summed E-state index contributed by atoms with van der Waals surface area (Å²) in [5.74, 6) is -0.992. The zero-order valence-corrected chi connectivity index (χ0v) is 30.9. The number of carbonyl (C=O) groups is 2. The summed E-state index contributed by atoms with van der Waals surface area (Å²) in [6, 6.07) is 10.4.